The molecule has 2 atom stereocenters. The summed E-state index contributed by atoms with van der Waals surface area (Å²) in [5.74, 6) is 0.725. The van der Waals surface area contributed by atoms with E-state index in [9.17, 15) is 0 Å². The van der Waals surface area contributed by atoms with Crippen LogP contribution in [0.4, 0.5) is 0 Å². The van der Waals surface area contributed by atoms with E-state index in [2.05, 4.69) is 54.5 Å². The third kappa shape index (κ3) is 3.14. The van der Waals surface area contributed by atoms with Gasteiger partial charge in [-0.2, -0.15) is 0 Å². The second-order valence-corrected chi connectivity index (χ2v) is 7.71. The Kier molecular flexibility index (Phi) is 3.87. The zero-order valence-corrected chi connectivity index (χ0v) is 14.3. The number of aromatic nitrogens is 2. The molecule has 1 N–H and O–H groups in total. The molecule has 4 heteroatoms. The molecule has 0 spiro atoms. The van der Waals surface area contributed by atoms with Crippen LogP contribution in [0.25, 0.3) is 10.9 Å². The maximum Gasteiger partial charge on any atom is 0.110 e. The van der Waals surface area contributed by atoms with E-state index in [0.717, 1.165) is 17.1 Å². The molecule has 0 unspecified atom stereocenters. The molecule has 3 aromatic rings. The quantitative estimate of drug-likeness (QED) is 0.733. The first-order chi connectivity index (χ1) is 11.2. The van der Waals surface area contributed by atoms with Gasteiger partial charge in [0.15, 0.2) is 0 Å². The number of hydrogen-bond donors (Lipinski definition) is 1. The smallest absolute Gasteiger partial charge is 0.110 e. The Morgan fingerprint density at radius 2 is 2.00 bits per heavy atom. The third-order valence-corrected chi connectivity index (χ3v) is 5.49. The number of para-hydroxylation sites is 1. The fourth-order valence-corrected chi connectivity index (χ4v) is 3.96. The number of fused-ring (bicyclic) bond motifs is 1. The number of pyridine rings is 1. The second-order valence-electron chi connectivity index (χ2n) is 6.44. The summed E-state index contributed by atoms with van der Waals surface area (Å²) in [6.07, 6.45) is 4.58. The van der Waals surface area contributed by atoms with E-state index in [1.807, 2.05) is 23.6 Å². The summed E-state index contributed by atoms with van der Waals surface area (Å²) in [6, 6.07) is 13.2. The highest BCUT2D eigenvalue weighted by Crippen LogP contribution is 2.43. The van der Waals surface area contributed by atoms with Crippen LogP contribution in [0.15, 0.2) is 42.6 Å². The Hall–Kier alpha value is -1.78. The average Bonchev–Trinajstić information content (AvgIpc) is 3.33. The lowest BCUT2D eigenvalue weighted by molar-refractivity contribution is 0.421. The molecule has 4 rings (SSSR count). The van der Waals surface area contributed by atoms with Gasteiger partial charge in [-0.05, 0) is 44.7 Å². The van der Waals surface area contributed by atoms with Gasteiger partial charge < -0.3 is 0 Å². The van der Waals surface area contributed by atoms with Crippen LogP contribution in [0.1, 0.15) is 47.4 Å². The van der Waals surface area contributed by atoms with Crippen molar-refractivity contribution in [3.05, 3.63) is 58.2 Å². The van der Waals surface area contributed by atoms with E-state index in [1.54, 1.807) is 0 Å². The van der Waals surface area contributed by atoms with Gasteiger partial charge in [-0.1, -0.05) is 24.3 Å². The van der Waals surface area contributed by atoms with Crippen LogP contribution in [0, 0.1) is 12.8 Å². The summed E-state index contributed by atoms with van der Waals surface area (Å²) in [6.45, 7) is 4.33. The standard InChI is InChI=1S/C19H21N3S/c1-12-11-20-19(23-12)18(15-7-8-15)21-13(2)16-10-9-14-5-3-4-6-17(14)22-16/h3-6,9-11,13,15,18,21H,7-8H2,1-2H3/t13-,18+/m1/s1. The molecule has 1 aliphatic rings. The van der Waals surface area contributed by atoms with E-state index >= 15 is 0 Å². The molecule has 1 aromatic carbocycles. The lowest BCUT2D eigenvalue weighted by Crippen LogP contribution is -2.26. The lowest BCUT2D eigenvalue weighted by Gasteiger charge is -2.21. The highest BCUT2D eigenvalue weighted by atomic mass is 32.1. The van der Waals surface area contributed by atoms with Crippen molar-refractivity contribution in [1.82, 2.24) is 15.3 Å². The van der Waals surface area contributed by atoms with Crippen LogP contribution < -0.4 is 5.32 Å². The van der Waals surface area contributed by atoms with Gasteiger partial charge in [0.2, 0.25) is 0 Å². The van der Waals surface area contributed by atoms with Gasteiger partial charge in [0.05, 0.1) is 17.3 Å². The summed E-state index contributed by atoms with van der Waals surface area (Å²) in [7, 11) is 0. The van der Waals surface area contributed by atoms with Gasteiger partial charge in [0.25, 0.3) is 0 Å². The van der Waals surface area contributed by atoms with Gasteiger partial charge in [-0.15, -0.1) is 11.3 Å². The summed E-state index contributed by atoms with van der Waals surface area (Å²) in [5.41, 5.74) is 2.16. The Bertz CT molecular complexity index is 822. The lowest BCUT2D eigenvalue weighted by atomic mass is 10.1. The predicted molar refractivity (Wildman–Crippen MR) is 95.6 cm³/mol. The van der Waals surface area contributed by atoms with E-state index in [4.69, 9.17) is 4.98 Å². The highest BCUT2D eigenvalue weighted by Gasteiger charge is 2.35. The van der Waals surface area contributed by atoms with Crippen molar-refractivity contribution < 1.29 is 0 Å². The van der Waals surface area contributed by atoms with Gasteiger partial charge in [0, 0.05) is 22.5 Å². The number of nitrogens with one attached hydrogen (secondary N) is 1. The van der Waals surface area contributed by atoms with E-state index < -0.39 is 0 Å². The number of hydrogen-bond acceptors (Lipinski definition) is 4. The third-order valence-electron chi connectivity index (χ3n) is 4.49. The van der Waals surface area contributed by atoms with Crippen molar-refractivity contribution in [1.29, 1.82) is 0 Å². The molecule has 0 aliphatic heterocycles. The number of aryl methyl sites for hydroxylation is 1. The maximum atomic E-state index is 4.83. The van der Waals surface area contributed by atoms with Crippen LogP contribution in [0.5, 0.6) is 0 Å². The van der Waals surface area contributed by atoms with Crippen LogP contribution in [-0.2, 0) is 0 Å². The molecule has 0 saturated heterocycles. The monoisotopic (exact) mass is 323 g/mol. The molecule has 0 amide bonds. The van der Waals surface area contributed by atoms with E-state index in [0.29, 0.717) is 6.04 Å². The van der Waals surface area contributed by atoms with Crippen molar-refractivity contribution in [2.45, 2.75) is 38.8 Å². The van der Waals surface area contributed by atoms with Gasteiger partial charge in [-0.25, -0.2) is 4.98 Å². The summed E-state index contributed by atoms with van der Waals surface area (Å²) < 4.78 is 0. The fourth-order valence-electron chi connectivity index (χ4n) is 3.03. The molecule has 118 valence electrons. The fraction of sp³-hybridized carbons (Fsp3) is 0.368. The number of thiazole rings is 1. The predicted octanol–water partition coefficient (Wildman–Crippen LogP) is 4.80. The summed E-state index contributed by atoms with van der Waals surface area (Å²) >= 11 is 1.81. The molecule has 0 radical (unpaired) electrons. The summed E-state index contributed by atoms with van der Waals surface area (Å²) in [4.78, 5) is 10.7. The number of rotatable bonds is 5. The highest BCUT2D eigenvalue weighted by molar-refractivity contribution is 7.11. The van der Waals surface area contributed by atoms with Crippen LogP contribution >= 0.6 is 11.3 Å². The molecule has 1 fully saturated rings. The van der Waals surface area contributed by atoms with Crippen molar-refractivity contribution in [3.63, 3.8) is 0 Å². The minimum absolute atomic E-state index is 0.217. The van der Waals surface area contributed by atoms with Crippen molar-refractivity contribution in [2.75, 3.05) is 0 Å². The minimum atomic E-state index is 0.217. The van der Waals surface area contributed by atoms with Crippen molar-refractivity contribution in [3.8, 4) is 0 Å². The first-order valence-corrected chi connectivity index (χ1v) is 9.06. The molecule has 2 heterocycles. The largest absolute Gasteiger partial charge is 0.300 e. The molecule has 0 bridgehead atoms. The maximum absolute atomic E-state index is 4.83. The molecule has 1 aliphatic carbocycles. The first-order valence-electron chi connectivity index (χ1n) is 8.25. The molecule has 3 nitrogen and oxygen atoms in total. The zero-order valence-electron chi connectivity index (χ0n) is 13.5. The van der Waals surface area contributed by atoms with Crippen LogP contribution in [-0.4, -0.2) is 9.97 Å². The van der Waals surface area contributed by atoms with Crippen LogP contribution in [0.3, 0.4) is 0 Å². The van der Waals surface area contributed by atoms with Gasteiger partial charge in [0.1, 0.15) is 5.01 Å². The Balaban J connectivity index is 1.58. The molecule has 2 aromatic heterocycles. The van der Waals surface area contributed by atoms with Crippen molar-refractivity contribution in [2.24, 2.45) is 5.92 Å². The topological polar surface area (TPSA) is 37.8 Å². The Morgan fingerprint density at radius 3 is 2.74 bits per heavy atom. The zero-order chi connectivity index (χ0) is 15.8. The normalized spacial score (nSPS) is 17.3. The Labute approximate surface area is 140 Å². The van der Waals surface area contributed by atoms with E-state index in [-0.39, 0.29) is 6.04 Å². The Morgan fingerprint density at radius 1 is 1.17 bits per heavy atom. The SMILES string of the molecule is Cc1cnc([C@@H](N[C@H](C)c2ccc3ccccc3n2)C2CC2)s1. The van der Waals surface area contributed by atoms with E-state index in [1.165, 1.54) is 28.1 Å². The first kappa shape index (κ1) is 14.8. The average molecular weight is 323 g/mol. The molecule has 23 heavy (non-hydrogen) atoms. The minimum Gasteiger partial charge on any atom is -0.300 e. The molecule has 1 saturated carbocycles. The van der Waals surface area contributed by atoms with Gasteiger partial charge in [-0.3, -0.25) is 10.3 Å². The number of benzene rings is 1. The molecular weight excluding hydrogens is 302 g/mol. The summed E-state index contributed by atoms with van der Waals surface area (Å²) in [5, 5.41) is 6.19. The number of nitrogens with zero attached hydrogens (tertiary/aromatic N) is 2. The molecular formula is C19H21N3S. The van der Waals surface area contributed by atoms with Crippen molar-refractivity contribution >= 4 is 22.2 Å². The second kappa shape index (κ2) is 6.02. The van der Waals surface area contributed by atoms with Crippen LogP contribution in [0.2, 0.25) is 0 Å². The van der Waals surface area contributed by atoms with Gasteiger partial charge >= 0.3 is 0 Å².